The molecule has 0 amide bonds. The van der Waals surface area contributed by atoms with Crippen molar-refractivity contribution in [3.8, 4) is 0 Å². The van der Waals surface area contributed by atoms with Crippen LogP contribution in [0.3, 0.4) is 0 Å². The third-order valence-electron chi connectivity index (χ3n) is 1.02. The third kappa shape index (κ3) is 3.03. The van der Waals surface area contributed by atoms with Gasteiger partial charge in [-0.15, -0.1) is 0 Å². The van der Waals surface area contributed by atoms with Gasteiger partial charge in [0.05, 0.1) is 6.54 Å². The molecule has 0 aliphatic carbocycles. The molecule has 0 fully saturated rings. The fourth-order valence-electron chi connectivity index (χ4n) is 0.484. The second kappa shape index (κ2) is 4.75. The van der Waals surface area contributed by atoms with Gasteiger partial charge in [-0.25, -0.2) is 4.79 Å². The molecule has 58 valence electrons. The molecule has 4 N–H and O–H groups in total. The molecule has 5 nitrogen and oxygen atoms in total. The summed E-state index contributed by atoms with van der Waals surface area (Å²) in [5, 5.41) is 20.4. The summed E-state index contributed by atoms with van der Waals surface area (Å²) in [5.41, 5.74) is 3.19. The zero-order valence-electron chi connectivity index (χ0n) is 5.54. The predicted octanol–water partition coefficient (Wildman–Crippen LogP) is -0.968. The lowest BCUT2D eigenvalue weighted by Gasteiger charge is -2.00. The van der Waals surface area contributed by atoms with Crippen molar-refractivity contribution < 1.29 is 15.6 Å². The second-order valence-corrected chi connectivity index (χ2v) is 1.80. The van der Waals surface area contributed by atoms with Crippen molar-refractivity contribution in [3.63, 3.8) is 0 Å². The second-order valence-electron chi connectivity index (χ2n) is 1.80. The van der Waals surface area contributed by atoms with Gasteiger partial charge in [0.1, 0.15) is 5.71 Å². The topological polar surface area (TPSA) is 100 Å². The predicted molar refractivity (Wildman–Crippen MR) is 35.4 cm³/mol. The first-order chi connectivity index (χ1) is 4.72. The molecule has 0 aromatic heterocycles. The van der Waals surface area contributed by atoms with E-state index in [1.165, 1.54) is 0 Å². The van der Waals surface area contributed by atoms with E-state index in [0.29, 0.717) is 13.0 Å². The van der Waals surface area contributed by atoms with Crippen LogP contribution in [-0.4, -0.2) is 23.3 Å². The largest absolute Gasteiger partial charge is 0.792 e. The number of nitrogens with zero attached hydrogens (tertiary/aromatic N) is 1. The number of aliphatic carboxylic acids is 1. The summed E-state index contributed by atoms with van der Waals surface area (Å²) < 4.78 is 0. The van der Waals surface area contributed by atoms with Gasteiger partial charge >= 0.3 is 5.97 Å². The molecule has 0 saturated heterocycles. The highest BCUT2D eigenvalue weighted by atomic mass is 16.4. The molecule has 0 aliphatic heterocycles. The Bertz CT molecular complexity index is 144. The molecule has 0 saturated carbocycles. The highest BCUT2D eigenvalue weighted by molar-refractivity contribution is 6.35. The fraction of sp³-hybridized carbons (Fsp3) is 0.600. The van der Waals surface area contributed by atoms with Crippen molar-refractivity contribution in [3.05, 3.63) is 5.21 Å². The number of carboxylic acid groups (broad SMARTS) is 1. The van der Waals surface area contributed by atoms with Crippen LogP contribution in [0.25, 0.3) is 0 Å². The van der Waals surface area contributed by atoms with Crippen LogP contribution in [-0.2, 0) is 4.79 Å². The Labute approximate surface area is 58.1 Å². The summed E-state index contributed by atoms with van der Waals surface area (Å²) in [6.45, 7) is 0.617. The van der Waals surface area contributed by atoms with Gasteiger partial charge in [0.15, 0.2) is 0 Å². The number of rotatable bonds is 4. The molecular formula is C5H10N2O3. The smallest absolute Gasteiger partial charge is 0.349 e. The lowest BCUT2D eigenvalue weighted by molar-refractivity contribution is -0.367. The minimum absolute atomic E-state index is 0.211. The number of quaternary nitrogens is 1. The zero-order chi connectivity index (χ0) is 7.98. The highest BCUT2D eigenvalue weighted by Crippen LogP contribution is 1.90. The van der Waals surface area contributed by atoms with Crippen molar-refractivity contribution in [2.45, 2.75) is 12.8 Å². The lowest BCUT2D eigenvalue weighted by atomic mass is 10.2. The molecule has 0 aliphatic rings. The van der Waals surface area contributed by atoms with Gasteiger partial charge in [-0.2, -0.15) is 0 Å². The van der Waals surface area contributed by atoms with Crippen LogP contribution in [0.2, 0.25) is 0 Å². The Morgan fingerprint density at radius 1 is 1.70 bits per heavy atom. The standard InChI is InChI=1S/C5H10N2O3/c6-3-1-2-4(7-10)5(8)9/h10H,1-3,6H2,(H,8,9)/b7-4+. The minimum atomic E-state index is -1.23. The van der Waals surface area contributed by atoms with E-state index < -0.39 is 5.97 Å². The Morgan fingerprint density at radius 2 is 2.30 bits per heavy atom. The summed E-state index contributed by atoms with van der Waals surface area (Å²) in [6.07, 6.45) is 0.801. The maximum atomic E-state index is 10.1. The minimum Gasteiger partial charge on any atom is -0.792 e. The van der Waals surface area contributed by atoms with Gasteiger partial charge in [0.25, 0.3) is 0 Å². The number of carboxylic acids is 1. The van der Waals surface area contributed by atoms with Crippen LogP contribution in [0.4, 0.5) is 0 Å². The molecule has 0 spiro atoms. The molecule has 0 rings (SSSR count). The van der Waals surface area contributed by atoms with Gasteiger partial charge in [-0.05, 0) is 0 Å². The van der Waals surface area contributed by atoms with Crippen molar-refractivity contribution >= 4 is 11.7 Å². The van der Waals surface area contributed by atoms with Crippen molar-refractivity contribution in [1.29, 1.82) is 0 Å². The first kappa shape index (κ1) is 8.90. The maximum Gasteiger partial charge on any atom is 0.349 e. The highest BCUT2D eigenvalue weighted by Gasteiger charge is 2.05. The maximum absolute atomic E-state index is 10.1. The van der Waals surface area contributed by atoms with E-state index in [-0.39, 0.29) is 12.1 Å². The van der Waals surface area contributed by atoms with Crippen LogP contribution in [0, 0.1) is 5.21 Å². The van der Waals surface area contributed by atoms with E-state index in [9.17, 15) is 10.0 Å². The molecule has 0 bridgehead atoms. The monoisotopic (exact) mass is 146 g/mol. The van der Waals surface area contributed by atoms with Crippen LogP contribution < -0.4 is 5.73 Å². The normalized spacial score (nSPS) is 11.5. The first-order valence-electron chi connectivity index (χ1n) is 2.94. The quantitative estimate of drug-likeness (QED) is 0.394. The molecule has 0 aromatic carbocycles. The van der Waals surface area contributed by atoms with E-state index in [0.717, 1.165) is 0 Å². The number of hydrogen-bond acceptors (Lipinski definition) is 3. The first-order valence-corrected chi connectivity index (χ1v) is 2.94. The van der Waals surface area contributed by atoms with Gasteiger partial charge in [0.2, 0.25) is 0 Å². The third-order valence-corrected chi connectivity index (χ3v) is 1.02. The Morgan fingerprint density at radius 3 is 2.60 bits per heavy atom. The number of carbonyl (C=O) groups is 1. The van der Waals surface area contributed by atoms with Gasteiger partial charge in [-0.1, -0.05) is 0 Å². The van der Waals surface area contributed by atoms with Crippen molar-refractivity contribution in [2.75, 3.05) is 6.54 Å². The Kier molecular flexibility index (Phi) is 4.23. The van der Waals surface area contributed by atoms with Crippen molar-refractivity contribution in [2.24, 2.45) is 5.16 Å². The average Bonchev–Trinajstić information content (AvgIpc) is 1.89. The van der Waals surface area contributed by atoms with E-state index >= 15 is 0 Å². The van der Waals surface area contributed by atoms with Crippen LogP contribution >= 0.6 is 0 Å². The molecule has 5 heteroatoms. The molecule has 10 heavy (non-hydrogen) atoms. The summed E-state index contributed by atoms with van der Waals surface area (Å²) >= 11 is 0. The molecule has 0 aromatic rings. The summed E-state index contributed by atoms with van der Waals surface area (Å²) in [6, 6.07) is 0. The Balaban J connectivity index is 3.74. The lowest BCUT2D eigenvalue weighted by Crippen LogP contribution is -2.50. The molecule has 0 atom stereocenters. The van der Waals surface area contributed by atoms with Crippen LogP contribution in [0.15, 0.2) is 5.16 Å². The average molecular weight is 146 g/mol. The molecular weight excluding hydrogens is 136 g/mol. The summed E-state index contributed by atoms with van der Waals surface area (Å²) in [5.74, 6) is -1.23. The fourth-order valence-corrected chi connectivity index (χ4v) is 0.484. The SMILES string of the molecule is [NH3+]CCC/C(=N\[O-])C(=O)O. The molecule has 0 heterocycles. The Hall–Kier alpha value is -1.10. The van der Waals surface area contributed by atoms with Crippen molar-refractivity contribution in [1.82, 2.24) is 0 Å². The van der Waals surface area contributed by atoms with E-state index in [2.05, 4.69) is 10.9 Å². The van der Waals surface area contributed by atoms with E-state index in [4.69, 9.17) is 5.11 Å². The zero-order valence-corrected chi connectivity index (χ0v) is 5.54. The van der Waals surface area contributed by atoms with Gasteiger partial charge in [-0.3, -0.25) is 0 Å². The van der Waals surface area contributed by atoms with E-state index in [1.807, 2.05) is 0 Å². The van der Waals surface area contributed by atoms with Crippen LogP contribution in [0.1, 0.15) is 12.8 Å². The molecule has 0 unspecified atom stereocenters. The van der Waals surface area contributed by atoms with Crippen LogP contribution in [0.5, 0.6) is 0 Å². The summed E-state index contributed by atoms with van der Waals surface area (Å²) in [7, 11) is 0. The summed E-state index contributed by atoms with van der Waals surface area (Å²) in [4.78, 5) is 10.1. The molecule has 0 radical (unpaired) electrons. The number of hydrogen-bond donors (Lipinski definition) is 2. The van der Waals surface area contributed by atoms with E-state index in [1.54, 1.807) is 0 Å². The van der Waals surface area contributed by atoms with Gasteiger partial charge in [0, 0.05) is 12.8 Å². The van der Waals surface area contributed by atoms with Gasteiger partial charge < -0.3 is 21.2 Å².